The van der Waals surface area contributed by atoms with Crippen molar-refractivity contribution in [3.8, 4) is 0 Å². The summed E-state index contributed by atoms with van der Waals surface area (Å²) in [6.45, 7) is 2.20. The molecule has 0 spiro atoms. The molecule has 0 saturated heterocycles. The molecule has 1 heterocycles. The van der Waals surface area contributed by atoms with Gasteiger partial charge >= 0.3 is 12.0 Å². The highest BCUT2D eigenvalue weighted by molar-refractivity contribution is 8.02. The molecule has 1 atom stereocenters. The van der Waals surface area contributed by atoms with Crippen molar-refractivity contribution in [3.05, 3.63) is 41.3 Å². The Hall–Kier alpha value is -2.27. The number of urea groups is 1. The van der Waals surface area contributed by atoms with Gasteiger partial charge in [-0.3, -0.25) is 9.88 Å². The van der Waals surface area contributed by atoms with Crippen LogP contribution in [0.4, 0.5) is 23.7 Å². The molecule has 1 aliphatic carbocycles. The van der Waals surface area contributed by atoms with E-state index in [2.05, 4.69) is 17.2 Å². The number of thioether (sulfide) groups is 1. The first kappa shape index (κ1) is 23.4. The molecule has 2 N–H and O–H groups in total. The molecular formula is C20H22F3N3O3S2. The zero-order valence-electron chi connectivity index (χ0n) is 16.7. The van der Waals surface area contributed by atoms with Gasteiger partial charge in [0.25, 0.3) is 0 Å². The van der Waals surface area contributed by atoms with Crippen LogP contribution in [-0.4, -0.2) is 34.0 Å². The summed E-state index contributed by atoms with van der Waals surface area (Å²) in [5, 5.41) is 10.5. The second-order valence-electron chi connectivity index (χ2n) is 7.54. The lowest BCUT2D eigenvalue weighted by molar-refractivity contribution is -0.136. The Morgan fingerprint density at radius 2 is 1.97 bits per heavy atom. The average Bonchev–Trinajstić information content (AvgIpc) is 3.25. The molecule has 168 valence electrons. The van der Waals surface area contributed by atoms with Crippen LogP contribution in [0.3, 0.4) is 0 Å². The zero-order valence-corrected chi connectivity index (χ0v) is 18.3. The van der Waals surface area contributed by atoms with E-state index in [-0.39, 0.29) is 12.5 Å². The van der Waals surface area contributed by atoms with E-state index in [1.165, 1.54) is 23.0 Å². The number of halogens is 3. The van der Waals surface area contributed by atoms with Gasteiger partial charge in [0.1, 0.15) is 0 Å². The largest absolute Gasteiger partial charge is 0.479 e. The third-order valence-electron chi connectivity index (χ3n) is 5.25. The van der Waals surface area contributed by atoms with Gasteiger partial charge in [-0.05, 0) is 36.8 Å². The van der Waals surface area contributed by atoms with Crippen LogP contribution < -0.4 is 10.2 Å². The molecule has 3 rings (SSSR count). The number of carboxylic acid groups (broad SMARTS) is 1. The number of carbonyl (C=O) groups excluding carboxylic acids is 1. The summed E-state index contributed by atoms with van der Waals surface area (Å²) in [5.41, 5.74) is 1.10. The number of rotatable bonds is 7. The fourth-order valence-electron chi connectivity index (χ4n) is 3.49. The SMILES string of the molecule is CC1CCC(CN(C(=O)NC(Sc2cncs2)C(=O)O)c2ccc(F)c(F)c2F)CC1. The van der Waals surface area contributed by atoms with E-state index in [0.717, 1.165) is 54.5 Å². The Labute approximate surface area is 185 Å². The number of carboxylic acids is 1. The van der Waals surface area contributed by atoms with E-state index in [1.54, 1.807) is 0 Å². The van der Waals surface area contributed by atoms with Crippen molar-refractivity contribution in [2.45, 2.75) is 42.2 Å². The molecule has 0 bridgehead atoms. The fraction of sp³-hybridized carbons (Fsp3) is 0.450. The molecule has 1 aromatic carbocycles. The molecule has 6 nitrogen and oxygen atoms in total. The summed E-state index contributed by atoms with van der Waals surface area (Å²) >= 11 is 2.08. The maximum atomic E-state index is 14.5. The number of hydrogen-bond donors (Lipinski definition) is 2. The van der Waals surface area contributed by atoms with Crippen LogP contribution in [-0.2, 0) is 4.79 Å². The fourth-order valence-corrected chi connectivity index (χ4v) is 5.10. The maximum absolute atomic E-state index is 14.5. The highest BCUT2D eigenvalue weighted by Gasteiger charge is 2.31. The van der Waals surface area contributed by atoms with Gasteiger partial charge in [-0.15, -0.1) is 11.3 Å². The number of hydrogen-bond acceptors (Lipinski definition) is 5. The van der Waals surface area contributed by atoms with Crippen LogP contribution in [0.25, 0.3) is 0 Å². The molecular weight excluding hydrogens is 451 g/mol. The molecule has 0 aliphatic heterocycles. The lowest BCUT2D eigenvalue weighted by Gasteiger charge is -2.32. The van der Waals surface area contributed by atoms with Crippen molar-refractivity contribution in [1.29, 1.82) is 0 Å². The summed E-state index contributed by atoms with van der Waals surface area (Å²) in [6.07, 6.45) is 4.95. The number of aromatic nitrogens is 1. The summed E-state index contributed by atoms with van der Waals surface area (Å²) in [6, 6.07) is 0.843. The number of nitrogens with one attached hydrogen (secondary N) is 1. The first-order chi connectivity index (χ1) is 14.8. The number of anilines is 1. The molecule has 1 aromatic heterocycles. The third kappa shape index (κ3) is 5.91. The van der Waals surface area contributed by atoms with Crippen molar-refractivity contribution >= 4 is 40.8 Å². The minimum atomic E-state index is -1.68. The Kier molecular flexibility index (Phi) is 7.82. The molecule has 31 heavy (non-hydrogen) atoms. The standard InChI is InChI=1S/C20H22F3N3O3S2/c1-11-2-4-12(5-3-11)9-26(14-7-6-13(21)16(22)17(14)23)20(29)25-18(19(27)28)31-15-8-24-10-30-15/h6-8,10-12,18H,2-5,9H2,1H3,(H,25,29)(H,27,28). The van der Waals surface area contributed by atoms with Crippen molar-refractivity contribution in [2.75, 3.05) is 11.4 Å². The minimum Gasteiger partial charge on any atom is -0.479 e. The summed E-state index contributed by atoms with van der Waals surface area (Å²) in [4.78, 5) is 29.5. The van der Waals surface area contributed by atoms with E-state index in [0.29, 0.717) is 10.1 Å². The lowest BCUT2D eigenvalue weighted by Crippen LogP contribution is -2.48. The van der Waals surface area contributed by atoms with Crippen LogP contribution in [0.15, 0.2) is 28.0 Å². The van der Waals surface area contributed by atoms with Crippen molar-refractivity contribution in [1.82, 2.24) is 10.3 Å². The van der Waals surface area contributed by atoms with Crippen LogP contribution >= 0.6 is 23.1 Å². The van der Waals surface area contributed by atoms with Gasteiger partial charge in [0.2, 0.25) is 0 Å². The highest BCUT2D eigenvalue weighted by atomic mass is 32.2. The first-order valence-electron chi connectivity index (χ1n) is 9.75. The van der Waals surface area contributed by atoms with Crippen LogP contribution in [0, 0.1) is 29.3 Å². The Morgan fingerprint density at radius 3 is 2.58 bits per heavy atom. The van der Waals surface area contributed by atoms with Gasteiger partial charge in [0, 0.05) is 6.54 Å². The number of carbonyl (C=O) groups is 2. The van der Waals surface area contributed by atoms with Crippen LogP contribution in [0.1, 0.15) is 32.6 Å². The minimum absolute atomic E-state index is 0.0342. The monoisotopic (exact) mass is 473 g/mol. The first-order valence-corrected chi connectivity index (χ1v) is 11.5. The van der Waals surface area contributed by atoms with Crippen molar-refractivity contribution < 1.29 is 27.9 Å². The van der Waals surface area contributed by atoms with Gasteiger partial charge in [-0.1, -0.05) is 31.5 Å². The number of thiazole rings is 1. The van der Waals surface area contributed by atoms with E-state index in [1.807, 2.05) is 0 Å². The molecule has 1 saturated carbocycles. The summed E-state index contributed by atoms with van der Waals surface area (Å²) in [5.74, 6) is -5.25. The predicted molar refractivity (Wildman–Crippen MR) is 113 cm³/mol. The zero-order chi connectivity index (χ0) is 22.5. The summed E-state index contributed by atoms with van der Waals surface area (Å²) < 4.78 is 42.4. The van der Waals surface area contributed by atoms with E-state index in [9.17, 15) is 27.9 Å². The molecule has 0 radical (unpaired) electrons. The van der Waals surface area contributed by atoms with E-state index >= 15 is 0 Å². The third-order valence-corrected chi connectivity index (χ3v) is 7.28. The highest BCUT2D eigenvalue weighted by Crippen LogP contribution is 2.32. The number of benzene rings is 1. The number of aliphatic carboxylic acids is 1. The Morgan fingerprint density at radius 1 is 1.26 bits per heavy atom. The normalized spacial score (nSPS) is 19.6. The lowest BCUT2D eigenvalue weighted by atomic mass is 9.83. The van der Waals surface area contributed by atoms with Gasteiger partial charge in [0.15, 0.2) is 22.8 Å². The smallest absolute Gasteiger partial charge is 0.337 e. The number of nitrogens with zero attached hydrogens (tertiary/aromatic N) is 2. The van der Waals surface area contributed by atoms with E-state index in [4.69, 9.17) is 0 Å². The molecule has 11 heteroatoms. The van der Waals surface area contributed by atoms with Crippen LogP contribution in [0.2, 0.25) is 0 Å². The maximum Gasteiger partial charge on any atom is 0.337 e. The van der Waals surface area contributed by atoms with Crippen molar-refractivity contribution in [2.24, 2.45) is 11.8 Å². The quantitative estimate of drug-likeness (QED) is 0.332. The number of amides is 2. The van der Waals surface area contributed by atoms with Gasteiger partial charge in [-0.25, -0.2) is 22.8 Å². The van der Waals surface area contributed by atoms with Crippen LogP contribution in [0.5, 0.6) is 0 Å². The van der Waals surface area contributed by atoms with Crippen molar-refractivity contribution in [3.63, 3.8) is 0 Å². The Balaban J connectivity index is 1.84. The Bertz CT molecular complexity index is 922. The molecule has 1 fully saturated rings. The second kappa shape index (κ2) is 10.4. The van der Waals surface area contributed by atoms with Gasteiger partial charge in [-0.2, -0.15) is 0 Å². The molecule has 2 amide bonds. The second-order valence-corrected chi connectivity index (χ2v) is 9.83. The van der Waals surface area contributed by atoms with Gasteiger partial charge < -0.3 is 10.4 Å². The predicted octanol–water partition coefficient (Wildman–Crippen LogP) is 5.11. The average molecular weight is 474 g/mol. The molecule has 1 aliphatic rings. The van der Waals surface area contributed by atoms with Gasteiger partial charge in [0.05, 0.1) is 21.6 Å². The topological polar surface area (TPSA) is 82.5 Å². The van der Waals surface area contributed by atoms with E-state index < -0.39 is 40.5 Å². The molecule has 1 unspecified atom stereocenters. The molecule has 2 aromatic rings. The summed E-state index contributed by atoms with van der Waals surface area (Å²) in [7, 11) is 0.